The minimum absolute atomic E-state index is 0. The van der Waals surface area contributed by atoms with Crippen molar-refractivity contribution < 1.29 is 9.21 Å². The molecule has 1 aromatic carbocycles. The quantitative estimate of drug-likeness (QED) is 0.776. The summed E-state index contributed by atoms with van der Waals surface area (Å²) in [6.45, 7) is 0. The molecule has 0 spiro atoms. The Bertz CT molecular complexity index is 565. The van der Waals surface area contributed by atoms with Gasteiger partial charge in [-0.3, -0.25) is 4.79 Å². The number of para-hydroxylation sites is 1. The highest BCUT2D eigenvalue weighted by Gasteiger charge is 2.09. The molecule has 6 heteroatoms. The predicted molar refractivity (Wildman–Crippen MR) is 56.0 cm³/mol. The molecule has 0 aliphatic heterocycles. The maximum atomic E-state index is 11.0. The van der Waals surface area contributed by atoms with Crippen molar-refractivity contribution in [2.24, 2.45) is 5.73 Å². The third-order valence-corrected chi connectivity index (χ3v) is 1.77. The van der Waals surface area contributed by atoms with Crippen molar-refractivity contribution in [1.29, 1.82) is 0 Å². The van der Waals surface area contributed by atoms with Gasteiger partial charge in [-0.05, 0) is 12.1 Å². The highest BCUT2D eigenvalue weighted by molar-refractivity contribution is 6.02. The van der Waals surface area contributed by atoms with Crippen LogP contribution in [0.3, 0.4) is 0 Å². The van der Waals surface area contributed by atoms with Gasteiger partial charge in [0.05, 0.1) is 5.56 Å². The summed E-state index contributed by atoms with van der Waals surface area (Å²) in [6.07, 6.45) is 1.05. The Morgan fingerprint density at radius 3 is 2.80 bits per heavy atom. The Balaban J connectivity index is 0.00000112. The van der Waals surface area contributed by atoms with Crippen LogP contribution in [0.5, 0.6) is 0 Å². The van der Waals surface area contributed by atoms with Crippen LogP contribution in [0.4, 0.5) is 0 Å². The minimum atomic E-state index is -0.647. The van der Waals surface area contributed by atoms with Gasteiger partial charge in [-0.15, -0.1) is 12.4 Å². The molecule has 78 valence electrons. The van der Waals surface area contributed by atoms with E-state index in [1.807, 2.05) is 0 Å². The van der Waals surface area contributed by atoms with E-state index >= 15 is 0 Å². The van der Waals surface area contributed by atoms with Crippen LogP contribution in [0.15, 0.2) is 33.6 Å². The SMILES string of the molecule is Cl.NC(=O)c1cccc2ncc(=O)oc12. The first-order valence-corrected chi connectivity index (χ1v) is 3.87. The van der Waals surface area contributed by atoms with Gasteiger partial charge in [0.1, 0.15) is 11.7 Å². The van der Waals surface area contributed by atoms with Crippen molar-refractivity contribution >= 4 is 29.4 Å². The largest absolute Gasteiger partial charge is 0.419 e. The second kappa shape index (κ2) is 4.10. The summed E-state index contributed by atoms with van der Waals surface area (Å²) in [5.41, 5.74) is 5.22. The highest BCUT2D eigenvalue weighted by Crippen LogP contribution is 2.13. The fourth-order valence-electron chi connectivity index (χ4n) is 1.18. The van der Waals surface area contributed by atoms with Gasteiger partial charge < -0.3 is 10.2 Å². The molecule has 15 heavy (non-hydrogen) atoms. The van der Waals surface area contributed by atoms with Crippen LogP contribution in [-0.2, 0) is 0 Å². The third-order valence-electron chi connectivity index (χ3n) is 1.77. The molecule has 0 aliphatic carbocycles. The van der Waals surface area contributed by atoms with Crippen molar-refractivity contribution in [1.82, 2.24) is 4.98 Å². The minimum Gasteiger partial charge on any atom is -0.419 e. The fraction of sp³-hybridized carbons (Fsp3) is 0. The Labute approximate surface area is 90.3 Å². The van der Waals surface area contributed by atoms with Gasteiger partial charge in [0.2, 0.25) is 0 Å². The summed E-state index contributed by atoms with van der Waals surface area (Å²) in [5, 5.41) is 0. The number of aromatic nitrogens is 1. The summed E-state index contributed by atoms with van der Waals surface area (Å²) in [6, 6.07) is 4.73. The summed E-state index contributed by atoms with van der Waals surface area (Å²) in [7, 11) is 0. The third kappa shape index (κ3) is 1.97. The smallest absolute Gasteiger partial charge is 0.354 e. The summed E-state index contributed by atoms with van der Waals surface area (Å²) >= 11 is 0. The first-order chi connectivity index (χ1) is 6.68. The van der Waals surface area contributed by atoms with Crippen LogP contribution in [0, 0.1) is 0 Å². The predicted octanol–water partition coefficient (Wildman–Crippen LogP) is 0.709. The van der Waals surface area contributed by atoms with E-state index in [0.29, 0.717) is 5.52 Å². The Kier molecular flexibility index (Phi) is 3.06. The molecule has 0 bridgehead atoms. The number of nitrogens with zero attached hydrogens (tertiary/aromatic N) is 1. The lowest BCUT2D eigenvalue weighted by Crippen LogP contribution is -2.12. The Morgan fingerprint density at radius 1 is 1.40 bits per heavy atom. The van der Waals surface area contributed by atoms with Gasteiger partial charge in [0.15, 0.2) is 5.58 Å². The Hall–Kier alpha value is -1.88. The number of amides is 1. The first kappa shape index (κ1) is 11.2. The van der Waals surface area contributed by atoms with E-state index in [0.717, 1.165) is 6.20 Å². The van der Waals surface area contributed by atoms with Gasteiger partial charge in [-0.1, -0.05) is 6.07 Å². The molecule has 0 fully saturated rings. The maximum Gasteiger partial charge on any atom is 0.354 e. The molecule has 0 saturated carbocycles. The number of fused-ring (bicyclic) bond motifs is 1. The molecule has 0 unspecified atom stereocenters. The number of carbonyl (C=O) groups is 1. The van der Waals surface area contributed by atoms with Crippen molar-refractivity contribution in [2.45, 2.75) is 0 Å². The second-order valence-electron chi connectivity index (χ2n) is 2.70. The van der Waals surface area contributed by atoms with Crippen LogP contribution >= 0.6 is 12.4 Å². The number of primary amides is 1. The van der Waals surface area contributed by atoms with Crippen molar-refractivity contribution in [3.8, 4) is 0 Å². The van der Waals surface area contributed by atoms with Gasteiger partial charge in [0, 0.05) is 0 Å². The lowest BCUT2D eigenvalue weighted by atomic mass is 10.2. The molecular formula is C9H7ClN2O3. The molecule has 0 saturated heterocycles. The average Bonchev–Trinajstić information content (AvgIpc) is 2.16. The van der Waals surface area contributed by atoms with Gasteiger partial charge >= 0.3 is 5.63 Å². The lowest BCUT2D eigenvalue weighted by Gasteiger charge is -1.98. The normalized spacial score (nSPS) is 9.60. The van der Waals surface area contributed by atoms with Crippen LogP contribution in [0.2, 0.25) is 0 Å². The van der Waals surface area contributed by atoms with Crippen LogP contribution in [0.25, 0.3) is 11.1 Å². The zero-order valence-corrected chi connectivity index (χ0v) is 8.28. The van der Waals surface area contributed by atoms with Crippen LogP contribution < -0.4 is 11.4 Å². The number of halogens is 1. The summed E-state index contributed by atoms with van der Waals surface area (Å²) in [5.74, 6) is -0.647. The molecule has 0 radical (unpaired) electrons. The second-order valence-corrected chi connectivity index (χ2v) is 2.70. The lowest BCUT2D eigenvalue weighted by molar-refractivity contribution is 0.100. The first-order valence-electron chi connectivity index (χ1n) is 3.87. The molecule has 2 rings (SSSR count). The number of hydrogen-bond acceptors (Lipinski definition) is 4. The van der Waals surface area contributed by atoms with Crippen molar-refractivity contribution in [2.75, 3.05) is 0 Å². The van der Waals surface area contributed by atoms with E-state index in [1.165, 1.54) is 6.07 Å². The number of nitrogens with two attached hydrogens (primary N) is 1. The number of hydrogen-bond donors (Lipinski definition) is 1. The van der Waals surface area contributed by atoms with E-state index in [9.17, 15) is 9.59 Å². The van der Waals surface area contributed by atoms with Crippen LogP contribution in [0.1, 0.15) is 10.4 Å². The van der Waals surface area contributed by atoms with Gasteiger partial charge in [0.25, 0.3) is 5.91 Å². The molecule has 2 aromatic rings. The van der Waals surface area contributed by atoms with Crippen molar-refractivity contribution in [3.05, 3.63) is 40.4 Å². The molecule has 0 aliphatic rings. The van der Waals surface area contributed by atoms with Gasteiger partial charge in [-0.2, -0.15) is 0 Å². The Morgan fingerprint density at radius 2 is 2.13 bits per heavy atom. The van der Waals surface area contributed by atoms with E-state index in [-0.39, 0.29) is 23.6 Å². The highest BCUT2D eigenvalue weighted by atomic mass is 35.5. The molecule has 1 amide bonds. The molecule has 5 nitrogen and oxygen atoms in total. The number of rotatable bonds is 1. The topological polar surface area (TPSA) is 86.2 Å². The zero-order chi connectivity index (χ0) is 10.1. The van der Waals surface area contributed by atoms with Crippen molar-refractivity contribution in [3.63, 3.8) is 0 Å². The zero-order valence-electron chi connectivity index (χ0n) is 7.47. The summed E-state index contributed by atoms with van der Waals surface area (Å²) < 4.78 is 4.84. The van der Waals surface area contributed by atoms with E-state index in [1.54, 1.807) is 12.1 Å². The van der Waals surface area contributed by atoms with E-state index < -0.39 is 11.5 Å². The molecular weight excluding hydrogens is 220 g/mol. The fourth-order valence-corrected chi connectivity index (χ4v) is 1.18. The maximum absolute atomic E-state index is 11.0. The molecule has 1 heterocycles. The van der Waals surface area contributed by atoms with Gasteiger partial charge in [-0.25, -0.2) is 9.78 Å². The average molecular weight is 227 g/mol. The van der Waals surface area contributed by atoms with Crippen LogP contribution in [-0.4, -0.2) is 10.9 Å². The van der Waals surface area contributed by atoms with E-state index in [4.69, 9.17) is 10.2 Å². The standard InChI is InChI=1S/C9H6N2O3.ClH/c10-9(13)5-2-1-3-6-8(5)14-7(12)4-11-6;/h1-4H,(H2,10,13);1H. The monoisotopic (exact) mass is 226 g/mol. The number of carbonyl (C=O) groups excluding carboxylic acids is 1. The van der Waals surface area contributed by atoms with E-state index in [2.05, 4.69) is 4.98 Å². The summed E-state index contributed by atoms with van der Waals surface area (Å²) in [4.78, 5) is 25.6. The number of benzene rings is 1. The molecule has 1 aromatic heterocycles. The molecule has 0 atom stereocenters. The molecule has 2 N–H and O–H groups in total.